The van der Waals surface area contributed by atoms with Crippen molar-refractivity contribution in [3.63, 3.8) is 0 Å². The maximum Gasteiger partial charge on any atom is 0.126 e. The van der Waals surface area contributed by atoms with Gasteiger partial charge in [-0.2, -0.15) is 0 Å². The summed E-state index contributed by atoms with van der Waals surface area (Å²) in [6, 6.07) is 2.95. The van der Waals surface area contributed by atoms with Gasteiger partial charge in [-0.25, -0.2) is 4.39 Å². The van der Waals surface area contributed by atoms with Crippen LogP contribution in [0.15, 0.2) is 12.1 Å². The van der Waals surface area contributed by atoms with Crippen LogP contribution in [0.5, 0.6) is 0 Å². The van der Waals surface area contributed by atoms with E-state index in [4.69, 9.17) is 11.6 Å². The van der Waals surface area contributed by atoms with E-state index in [2.05, 4.69) is 15.9 Å². The Morgan fingerprint density at radius 2 is 2.18 bits per heavy atom. The molecular weight excluding hydrogens is 230 g/mol. The van der Waals surface area contributed by atoms with Crippen molar-refractivity contribution >= 4 is 27.5 Å². The third-order valence-electron chi connectivity index (χ3n) is 1.61. The van der Waals surface area contributed by atoms with E-state index in [1.807, 2.05) is 0 Å². The van der Waals surface area contributed by atoms with E-state index in [-0.39, 0.29) is 5.82 Å². The van der Waals surface area contributed by atoms with Crippen molar-refractivity contribution in [3.05, 3.63) is 34.1 Å². The van der Waals surface area contributed by atoms with Crippen LogP contribution in [-0.4, -0.2) is 0 Å². The summed E-state index contributed by atoms with van der Waals surface area (Å²) in [5.74, 6) is -0.205. The van der Waals surface area contributed by atoms with E-state index in [1.54, 1.807) is 13.0 Å². The van der Waals surface area contributed by atoms with Gasteiger partial charge >= 0.3 is 0 Å². The molecule has 0 radical (unpaired) electrons. The highest BCUT2D eigenvalue weighted by atomic mass is 79.9. The second-order valence-electron chi connectivity index (χ2n) is 2.27. The van der Waals surface area contributed by atoms with Crippen LogP contribution in [0.25, 0.3) is 0 Å². The van der Waals surface area contributed by atoms with Crippen molar-refractivity contribution in [3.8, 4) is 0 Å². The number of halogens is 3. The third-order valence-corrected chi connectivity index (χ3v) is 2.52. The quantitative estimate of drug-likeness (QED) is 0.654. The van der Waals surface area contributed by atoms with E-state index in [9.17, 15) is 4.39 Å². The predicted molar refractivity (Wildman–Crippen MR) is 48.8 cm³/mol. The summed E-state index contributed by atoms with van der Waals surface area (Å²) < 4.78 is 12.9. The Morgan fingerprint density at radius 3 is 2.64 bits per heavy atom. The Kier molecular flexibility index (Phi) is 2.90. The lowest BCUT2D eigenvalue weighted by atomic mass is 10.1. The predicted octanol–water partition coefficient (Wildman–Crippen LogP) is 3.68. The summed E-state index contributed by atoms with van der Waals surface area (Å²) >= 11 is 9.05. The summed E-state index contributed by atoms with van der Waals surface area (Å²) in [6.07, 6.45) is 0. The van der Waals surface area contributed by atoms with E-state index < -0.39 is 0 Å². The van der Waals surface area contributed by atoms with Crippen LogP contribution >= 0.6 is 27.5 Å². The smallest absolute Gasteiger partial charge is 0.126 e. The fourth-order valence-corrected chi connectivity index (χ4v) is 2.01. The minimum Gasteiger partial charge on any atom is -0.207 e. The molecule has 0 aromatic heterocycles. The Hall–Kier alpha value is -0.0800. The highest BCUT2D eigenvalue weighted by Gasteiger charge is 2.06. The van der Waals surface area contributed by atoms with Crippen molar-refractivity contribution in [2.75, 3.05) is 0 Å². The molecule has 0 aliphatic heterocycles. The first-order chi connectivity index (χ1) is 5.16. The Balaban J connectivity index is 3.29. The molecule has 0 N–H and O–H groups in total. The van der Waals surface area contributed by atoms with Crippen LogP contribution in [0.4, 0.5) is 4.39 Å². The van der Waals surface area contributed by atoms with Crippen LogP contribution in [0, 0.1) is 12.7 Å². The number of alkyl halides is 1. The van der Waals surface area contributed by atoms with Crippen LogP contribution in [0.1, 0.15) is 11.1 Å². The standard InChI is InChI=1S/C8H7BrClF/c1-5-6(4-9)7(10)2-3-8(5)11/h2-3H,4H2,1H3. The zero-order valence-corrected chi connectivity index (χ0v) is 8.34. The minimum atomic E-state index is -0.205. The van der Waals surface area contributed by atoms with E-state index in [1.165, 1.54) is 6.07 Å². The lowest BCUT2D eigenvalue weighted by Gasteiger charge is -2.04. The van der Waals surface area contributed by atoms with Gasteiger partial charge in [-0.05, 0) is 30.2 Å². The molecule has 0 spiro atoms. The molecule has 0 aliphatic carbocycles. The van der Waals surface area contributed by atoms with Gasteiger partial charge in [0.25, 0.3) is 0 Å². The lowest BCUT2D eigenvalue weighted by Crippen LogP contribution is -1.90. The van der Waals surface area contributed by atoms with Gasteiger partial charge in [0, 0.05) is 10.4 Å². The molecule has 1 aromatic carbocycles. The zero-order chi connectivity index (χ0) is 8.43. The van der Waals surface area contributed by atoms with Crippen molar-refractivity contribution in [2.24, 2.45) is 0 Å². The van der Waals surface area contributed by atoms with Crippen LogP contribution < -0.4 is 0 Å². The van der Waals surface area contributed by atoms with Crippen molar-refractivity contribution in [1.29, 1.82) is 0 Å². The molecule has 1 rings (SSSR count). The summed E-state index contributed by atoms with van der Waals surface area (Å²) in [6.45, 7) is 1.72. The molecule has 1 aromatic rings. The van der Waals surface area contributed by atoms with E-state index in [0.717, 1.165) is 5.56 Å². The molecule has 0 aliphatic rings. The van der Waals surface area contributed by atoms with Crippen LogP contribution in [-0.2, 0) is 5.33 Å². The highest BCUT2D eigenvalue weighted by molar-refractivity contribution is 9.08. The van der Waals surface area contributed by atoms with Gasteiger partial charge in [-0.15, -0.1) is 0 Å². The first-order valence-electron chi connectivity index (χ1n) is 3.16. The average molecular weight is 237 g/mol. The maximum atomic E-state index is 12.9. The number of rotatable bonds is 1. The zero-order valence-electron chi connectivity index (χ0n) is 6.00. The second kappa shape index (κ2) is 3.55. The lowest BCUT2D eigenvalue weighted by molar-refractivity contribution is 0.617. The Bertz CT molecular complexity index is 273. The minimum absolute atomic E-state index is 0.205. The van der Waals surface area contributed by atoms with Gasteiger partial charge in [0.2, 0.25) is 0 Å². The molecule has 0 fully saturated rings. The topological polar surface area (TPSA) is 0 Å². The van der Waals surface area contributed by atoms with Gasteiger partial charge in [0.1, 0.15) is 5.82 Å². The summed E-state index contributed by atoms with van der Waals surface area (Å²) in [5, 5.41) is 1.20. The number of hydrogen-bond acceptors (Lipinski definition) is 0. The molecule has 0 atom stereocenters. The van der Waals surface area contributed by atoms with Gasteiger partial charge in [0.05, 0.1) is 0 Å². The molecule has 0 amide bonds. The third kappa shape index (κ3) is 1.74. The molecule has 0 bridgehead atoms. The summed E-state index contributed by atoms with van der Waals surface area (Å²) in [5.41, 5.74) is 1.45. The fourth-order valence-electron chi connectivity index (χ4n) is 0.859. The molecule has 0 nitrogen and oxygen atoms in total. The van der Waals surface area contributed by atoms with Gasteiger partial charge in [-0.1, -0.05) is 27.5 Å². The fraction of sp³-hybridized carbons (Fsp3) is 0.250. The molecule has 0 saturated heterocycles. The first kappa shape index (κ1) is 9.01. The number of benzene rings is 1. The van der Waals surface area contributed by atoms with Crippen molar-refractivity contribution in [1.82, 2.24) is 0 Å². The molecule has 0 unspecified atom stereocenters. The van der Waals surface area contributed by atoms with Crippen molar-refractivity contribution < 1.29 is 4.39 Å². The molecule has 3 heteroatoms. The SMILES string of the molecule is Cc1c(F)ccc(Cl)c1CBr. The van der Waals surface area contributed by atoms with Crippen LogP contribution in [0.3, 0.4) is 0 Å². The molecule has 0 saturated carbocycles. The number of hydrogen-bond donors (Lipinski definition) is 0. The van der Waals surface area contributed by atoms with Gasteiger partial charge in [-0.3, -0.25) is 0 Å². The van der Waals surface area contributed by atoms with Crippen LogP contribution in [0.2, 0.25) is 5.02 Å². The first-order valence-corrected chi connectivity index (χ1v) is 4.66. The monoisotopic (exact) mass is 236 g/mol. The largest absolute Gasteiger partial charge is 0.207 e. The summed E-state index contributed by atoms with van der Waals surface area (Å²) in [4.78, 5) is 0. The molecule has 0 heterocycles. The Labute approximate surface area is 78.5 Å². The van der Waals surface area contributed by atoms with E-state index >= 15 is 0 Å². The highest BCUT2D eigenvalue weighted by Crippen LogP contribution is 2.23. The van der Waals surface area contributed by atoms with Gasteiger partial charge < -0.3 is 0 Å². The normalized spacial score (nSPS) is 10.2. The van der Waals surface area contributed by atoms with Crippen molar-refractivity contribution in [2.45, 2.75) is 12.3 Å². The molecule has 60 valence electrons. The molecule has 11 heavy (non-hydrogen) atoms. The molecular formula is C8H7BrClF. The van der Waals surface area contributed by atoms with Gasteiger partial charge in [0.15, 0.2) is 0 Å². The summed E-state index contributed by atoms with van der Waals surface area (Å²) in [7, 11) is 0. The van der Waals surface area contributed by atoms with E-state index in [0.29, 0.717) is 15.9 Å². The second-order valence-corrected chi connectivity index (χ2v) is 3.23. The Morgan fingerprint density at radius 1 is 1.55 bits per heavy atom. The maximum absolute atomic E-state index is 12.9. The average Bonchev–Trinajstić information content (AvgIpc) is 1.99.